The Morgan fingerprint density at radius 3 is 2.85 bits per heavy atom. The number of nitrogens with zero attached hydrogens (tertiary/aromatic N) is 1. The Labute approximate surface area is 116 Å². The minimum Gasteiger partial charge on any atom is -0.497 e. The fourth-order valence-electron chi connectivity index (χ4n) is 2.08. The molecule has 0 aliphatic rings. The van der Waals surface area contributed by atoms with Gasteiger partial charge in [-0.3, -0.25) is 4.98 Å². The third-order valence-corrected chi connectivity index (χ3v) is 3.05. The van der Waals surface area contributed by atoms with Crippen molar-refractivity contribution in [3.63, 3.8) is 0 Å². The minimum atomic E-state index is -0.279. The van der Waals surface area contributed by atoms with Crippen molar-refractivity contribution in [3.8, 4) is 5.75 Å². The van der Waals surface area contributed by atoms with Crippen molar-refractivity contribution in [1.82, 2.24) is 4.98 Å². The maximum atomic E-state index is 13.4. The summed E-state index contributed by atoms with van der Waals surface area (Å²) in [6.07, 6.45) is 1.70. The van der Waals surface area contributed by atoms with Crippen LogP contribution in [0.25, 0.3) is 10.9 Å². The predicted molar refractivity (Wildman–Crippen MR) is 78.0 cm³/mol. The molecule has 0 saturated carbocycles. The van der Waals surface area contributed by atoms with E-state index in [1.807, 2.05) is 30.3 Å². The molecule has 1 N–H and O–H groups in total. The molecule has 0 radical (unpaired) electrons. The number of nitrogens with one attached hydrogen (secondary N) is 1. The Hall–Kier alpha value is -2.62. The number of benzene rings is 2. The molecule has 100 valence electrons. The van der Waals surface area contributed by atoms with E-state index in [0.717, 1.165) is 28.0 Å². The summed E-state index contributed by atoms with van der Waals surface area (Å²) in [5, 5.41) is 4.01. The lowest BCUT2D eigenvalue weighted by atomic mass is 10.1. The molecule has 20 heavy (non-hydrogen) atoms. The summed E-state index contributed by atoms with van der Waals surface area (Å²) in [7, 11) is 1.62. The van der Waals surface area contributed by atoms with E-state index >= 15 is 0 Å². The first-order valence-electron chi connectivity index (χ1n) is 6.21. The Morgan fingerprint density at radius 2 is 2.00 bits per heavy atom. The first-order chi connectivity index (χ1) is 9.76. The number of fused-ring (bicyclic) bond motifs is 1. The zero-order chi connectivity index (χ0) is 13.9. The van der Waals surface area contributed by atoms with Gasteiger partial charge in [0.15, 0.2) is 0 Å². The van der Waals surface area contributed by atoms with Gasteiger partial charge in [-0.05, 0) is 36.4 Å². The third-order valence-electron chi connectivity index (χ3n) is 3.05. The molecular formula is C16H13FN2O. The summed E-state index contributed by atoms with van der Waals surface area (Å²) in [6, 6.07) is 13.9. The number of aromatic nitrogens is 1. The quantitative estimate of drug-likeness (QED) is 0.775. The topological polar surface area (TPSA) is 34.1 Å². The summed E-state index contributed by atoms with van der Waals surface area (Å²) in [4.78, 5) is 4.23. The number of halogens is 1. The van der Waals surface area contributed by atoms with Gasteiger partial charge in [0.05, 0.1) is 12.6 Å². The van der Waals surface area contributed by atoms with E-state index in [4.69, 9.17) is 4.74 Å². The van der Waals surface area contributed by atoms with Gasteiger partial charge in [0.1, 0.15) is 11.6 Å². The van der Waals surface area contributed by atoms with Crippen LogP contribution in [0.3, 0.4) is 0 Å². The van der Waals surface area contributed by atoms with E-state index in [-0.39, 0.29) is 5.82 Å². The van der Waals surface area contributed by atoms with E-state index in [1.165, 1.54) is 12.1 Å². The Bertz CT molecular complexity index is 758. The Morgan fingerprint density at radius 1 is 1.10 bits per heavy atom. The van der Waals surface area contributed by atoms with E-state index in [0.29, 0.717) is 0 Å². The van der Waals surface area contributed by atoms with Crippen molar-refractivity contribution in [2.24, 2.45) is 0 Å². The second-order valence-electron chi connectivity index (χ2n) is 4.38. The van der Waals surface area contributed by atoms with Gasteiger partial charge in [-0.1, -0.05) is 6.07 Å². The number of methoxy groups -OCH3 is 1. The van der Waals surface area contributed by atoms with E-state index < -0.39 is 0 Å². The number of hydrogen-bond donors (Lipinski definition) is 1. The maximum absolute atomic E-state index is 13.4. The molecule has 0 bridgehead atoms. The zero-order valence-electron chi connectivity index (χ0n) is 10.9. The summed E-state index contributed by atoms with van der Waals surface area (Å²) < 4.78 is 18.6. The molecular weight excluding hydrogens is 255 g/mol. The Kier molecular flexibility index (Phi) is 3.21. The van der Waals surface area contributed by atoms with Crippen LogP contribution in [0.1, 0.15) is 0 Å². The second-order valence-corrected chi connectivity index (χ2v) is 4.38. The lowest BCUT2D eigenvalue weighted by Crippen LogP contribution is -1.93. The zero-order valence-corrected chi connectivity index (χ0v) is 10.9. The largest absolute Gasteiger partial charge is 0.497 e. The highest BCUT2D eigenvalue weighted by molar-refractivity contribution is 5.92. The molecule has 0 atom stereocenters. The molecule has 3 aromatic rings. The van der Waals surface area contributed by atoms with Crippen LogP contribution in [0.5, 0.6) is 5.75 Å². The molecule has 0 amide bonds. The molecule has 0 fully saturated rings. The number of pyridine rings is 1. The fraction of sp³-hybridized carbons (Fsp3) is 0.0625. The normalized spacial score (nSPS) is 10.5. The average Bonchev–Trinajstić information content (AvgIpc) is 2.48. The number of anilines is 2. The highest BCUT2D eigenvalue weighted by atomic mass is 19.1. The summed E-state index contributed by atoms with van der Waals surface area (Å²) in [5.74, 6) is 0.485. The standard InChI is InChI=1S/C16H13FN2O/c1-20-13-4-2-3-12(10-13)19-16-7-8-18-15-6-5-11(17)9-14(15)16/h2-10H,1H3,(H,18,19). The van der Waals surface area contributed by atoms with Crippen LogP contribution in [-0.4, -0.2) is 12.1 Å². The maximum Gasteiger partial charge on any atom is 0.124 e. The molecule has 1 heterocycles. The number of rotatable bonds is 3. The predicted octanol–water partition coefficient (Wildman–Crippen LogP) is 4.13. The van der Waals surface area contributed by atoms with Gasteiger partial charge in [-0.25, -0.2) is 4.39 Å². The first kappa shape index (κ1) is 12.4. The minimum absolute atomic E-state index is 0.279. The molecule has 1 aromatic heterocycles. The Balaban J connectivity index is 2.03. The van der Waals surface area contributed by atoms with Crippen LogP contribution >= 0.6 is 0 Å². The average molecular weight is 268 g/mol. The second kappa shape index (κ2) is 5.17. The van der Waals surface area contributed by atoms with Gasteiger partial charge in [-0.2, -0.15) is 0 Å². The molecule has 0 unspecified atom stereocenters. The van der Waals surface area contributed by atoms with Crippen LogP contribution in [0.15, 0.2) is 54.7 Å². The van der Waals surface area contributed by atoms with E-state index in [1.54, 1.807) is 19.4 Å². The summed E-state index contributed by atoms with van der Waals surface area (Å²) in [6.45, 7) is 0. The lowest BCUT2D eigenvalue weighted by Gasteiger charge is -2.10. The molecule has 4 heteroatoms. The van der Waals surface area contributed by atoms with Gasteiger partial charge in [0.2, 0.25) is 0 Å². The number of hydrogen-bond acceptors (Lipinski definition) is 3. The summed E-state index contributed by atoms with van der Waals surface area (Å²) >= 11 is 0. The monoisotopic (exact) mass is 268 g/mol. The smallest absolute Gasteiger partial charge is 0.124 e. The molecule has 2 aromatic carbocycles. The lowest BCUT2D eigenvalue weighted by molar-refractivity contribution is 0.415. The molecule has 0 spiro atoms. The van der Waals surface area contributed by atoms with Crippen LogP contribution in [0.2, 0.25) is 0 Å². The first-order valence-corrected chi connectivity index (χ1v) is 6.21. The fourth-order valence-corrected chi connectivity index (χ4v) is 2.08. The van der Waals surface area contributed by atoms with Gasteiger partial charge in [0.25, 0.3) is 0 Å². The summed E-state index contributed by atoms with van der Waals surface area (Å²) in [5.41, 5.74) is 2.43. The van der Waals surface area contributed by atoms with Gasteiger partial charge in [0, 0.05) is 29.0 Å². The molecule has 0 aliphatic heterocycles. The number of ether oxygens (including phenoxy) is 1. The van der Waals surface area contributed by atoms with E-state index in [2.05, 4.69) is 10.3 Å². The van der Waals surface area contributed by atoms with Crippen molar-refractivity contribution in [3.05, 3.63) is 60.5 Å². The molecule has 3 nitrogen and oxygen atoms in total. The van der Waals surface area contributed by atoms with Gasteiger partial charge < -0.3 is 10.1 Å². The van der Waals surface area contributed by atoms with Gasteiger partial charge >= 0.3 is 0 Å². The molecule has 0 aliphatic carbocycles. The van der Waals surface area contributed by atoms with Crippen molar-refractivity contribution in [1.29, 1.82) is 0 Å². The molecule has 3 rings (SSSR count). The molecule has 0 saturated heterocycles. The highest BCUT2D eigenvalue weighted by Gasteiger charge is 2.04. The van der Waals surface area contributed by atoms with Crippen molar-refractivity contribution < 1.29 is 9.13 Å². The van der Waals surface area contributed by atoms with Crippen LogP contribution in [0, 0.1) is 5.82 Å². The van der Waals surface area contributed by atoms with Crippen molar-refractivity contribution >= 4 is 22.3 Å². The highest BCUT2D eigenvalue weighted by Crippen LogP contribution is 2.27. The van der Waals surface area contributed by atoms with Gasteiger partial charge in [-0.15, -0.1) is 0 Å². The van der Waals surface area contributed by atoms with Crippen LogP contribution in [0.4, 0.5) is 15.8 Å². The van der Waals surface area contributed by atoms with Crippen molar-refractivity contribution in [2.45, 2.75) is 0 Å². The van der Waals surface area contributed by atoms with Crippen LogP contribution < -0.4 is 10.1 Å². The van der Waals surface area contributed by atoms with Crippen molar-refractivity contribution in [2.75, 3.05) is 12.4 Å². The third kappa shape index (κ3) is 2.40. The van der Waals surface area contributed by atoms with E-state index in [9.17, 15) is 4.39 Å². The van der Waals surface area contributed by atoms with Crippen LogP contribution in [-0.2, 0) is 0 Å². The SMILES string of the molecule is COc1cccc(Nc2ccnc3ccc(F)cc23)c1.